The minimum absolute atomic E-state index is 0.298. The van der Waals surface area contributed by atoms with E-state index >= 15 is 0 Å². The average Bonchev–Trinajstić information content (AvgIpc) is 3.34. The van der Waals surface area contributed by atoms with E-state index in [0.29, 0.717) is 21.1 Å². The van der Waals surface area contributed by atoms with Crippen molar-refractivity contribution in [2.75, 3.05) is 0 Å². The molecular weight excluding hydrogens is 706 g/mol. The first kappa shape index (κ1) is 26.5. The number of hydrogen-bond donors (Lipinski definition) is 2. The van der Waals surface area contributed by atoms with E-state index in [1.807, 2.05) is 42.5 Å². The summed E-state index contributed by atoms with van der Waals surface area (Å²) in [6.45, 7) is 0. The summed E-state index contributed by atoms with van der Waals surface area (Å²) in [4.78, 5) is 12.5. The Morgan fingerprint density at radius 3 is 2.15 bits per heavy atom. The first-order valence-electron chi connectivity index (χ1n) is 12.1. The Hall–Kier alpha value is -2.75. The highest BCUT2D eigenvalue weighted by Gasteiger charge is 2.25. The molecule has 6 aromatic rings. The molecule has 39 heavy (non-hydrogen) atoms. The van der Waals surface area contributed by atoms with Crippen molar-refractivity contribution >= 4 is 96.0 Å². The molecule has 5 aromatic carbocycles. The van der Waals surface area contributed by atoms with Crippen molar-refractivity contribution in [1.29, 1.82) is 0 Å². The van der Waals surface area contributed by atoms with Crippen LogP contribution in [0, 0.1) is 0 Å². The zero-order valence-corrected chi connectivity index (χ0v) is 25.8. The van der Waals surface area contributed by atoms with E-state index in [0.717, 1.165) is 31.9 Å². The Morgan fingerprint density at radius 1 is 0.846 bits per heavy atom. The van der Waals surface area contributed by atoms with Gasteiger partial charge in [0.2, 0.25) is 0 Å². The molecule has 0 aliphatic heterocycles. The number of nitrogens with one attached hydrogen (secondary N) is 1. The van der Waals surface area contributed by atoms with Gasteiger partial charge in [-0.05, 0) is 93.5 Å². The van der Waals surface area contributed by atoms with Gasteiger partial charge in [0.15, 0.2) is 6.10 Å². The Labute approximate surface area is 254 Å². The number of carbonyl (C=O) groups is 1. The van der Waals surface area contributed by atoms with Crippen LogP contribution >= 0.6 is 59.1 Å². The van der Waals surface area contributed by atoms with Gasteiger partial charge in [0.05, 0.1) is 13.6 Å². The van der Waals surface area contributed by atoms with Crippen LogP contribution in [0.5, 0.6) is 5.75 Å². The fourth-order valence-corrected chi connectivity index (χ4v) is 8.27. The predicted octanol–water partition coefficient (Wildman–Crippen LogP) is 9.66. The maximum Gasteiger partial charge on any atom is 0.284 e. The number of rotatable bonds is 6. The van der Waals surface area contributed by atoms with Gasteiger partial charge in [0.1, 0.15) is 5.75 Å². The molecule has 6 rings (SSSR count). The lowest BCUT2D eigenvalue weighted by atomic mass is 9.93. The number of thiophene rings is 1. The van der Waals surface area contributed by atoms with Gasteiger partial charge < -0.3 is 4.74 Å². The number of fused-ring (bicyclic) bond motifs is 4. The lowest BCUT2D eigenvalue weighted by Gasteiger charge is -2.20. The minimum atomic E-state index is -0.933. The maximum atomic E-state index is 12.5. The monoisotopic (exact) mass is 723 g/mol. The molecule has 0 fully saturated rings. The second-order valence-electron chi connectivity index (χ2n) is 9.08. The molecule has 0 aliphatic rings. The third-order valence-corrected chi connectivity index (χ3v) is 10.1. The van der Waals surface area contributed by atoms with Crippen LogP contribution in [-0.4, -0.2) is 17.2 Å². The molecule has 4 nitrogen and oxygen atoms in total. The Bertz CT molecular complexity index is 1850. The highest BCUT2D eigenvalue weighted by atomic mass is 79.9. The molecule has 8 heteroatoms. The summed E-state index contributed by atoms with van der Waals surface area (Å²) in [5, 5.41) is 14.0. The van der Waals surface area contributed by atoms with Gasteiger partial charge in [-0.3, -0.25) is 10.0 Å². The third kappa shape index (κ3) is 4.89. The molecule has 1 aromatic heterocycles. The zero-order valence-electron chi connectivity index (χ0n) is 20.3. The fourth-order valence-electron chi connectivity index (χ4n) is 4.94. The van der Waals surface area contributed by atoms with Crippen LogP contribution in [0.4, 0.5) is 0 Å². The van der Waals surface area contributed by atoms with E-state index in [1.165, 1.54) is 20.2 Å². The normalized spacial score (nSPS) is 12.2. The van der Waals surface area contributed by atoms with Crippen LogP contribution in [0.3, 0.4) is 0 Å². The van der Waals surface area contributed by atoms with Crippen LogP contribution in [0.25, 0.3) is 42.1 Å². The number of benzene rings is 5. The molecule has 2 N–H and O–H groups in total. The summed E-state index contributed by atoms with van der Waals surface area (Å²) in [6, 6.07) is 30.5. The summed E-state index contributed by atoms with van der Waals surface area (Å²) in [6.07, 6.45) is -0.635. The summed E-state index contributed by atoms with van der Waals surface area (Å²) in [7, 11) is 0. The largest absolute Gasteiger partial charge is 0.478 e. The van der Waals surface area contributed by atoms with E-state index in [4.69, 9.17) is 4.74 Å². The molecule has 1 atom stereocenters. The fraction of sp³-hybridized carbons (Fsp3) is 0.0645. The van der Waals surface area contributed by atoms with Crippen molar-refractivity contribution in [3.8, 4) is 16.9 Å². The van der Waals surface area contributed by atoms with Crippen LogP contribution in [0.2, 0.25) is 0 Å². The van der Waals surface area contributed by atoms with Gasteiger partial charge in [0, 0.05) is 26.4 Å². The highest BCUT2D eigenvalue weighted by molar-refractivity contribution is 9.11. The summed E-state index contributed by atoms with van der Waals surface area (Å²) < 4.78 is 11.1. The minimum Gasteiger partial charge on any atom is -0.478 e. The van der Waals surface area contributed by atoms with Crippen molar-refractivity contribution < 1.29 is 14.7 Å². The lowest BCUT2D eigenvalue weighted by Crippen LogP contribution is -2.38. The maximum absolute atomic E-state index is 12.5. The van der Waals surface area contributed by atoms with E-state index in [2.05, 4.69) is 96.3 Å². The average molecular weight is 726 g/mol. The molecule has 0 radical (unpaired) electrons. The van der Waals surface area contributed by atoms with Gasteiger partial charge in [-0.15, -0.1) is 11.3 Å². The summed E-state index contributed by atoms with van der Waals surface area (Å²) in [5.41, 5.74) is 4.80. The van der Waals surface area contributed by atoms with Crippen molar-refractivity contribution in [2.45, 2.75) is 12.5 Å². The van der Waals surface area contributed by atoms with Crippen LogP contribution in [-0.2, 0) is 11.2 Å². The number of halogens is 3. The van der Waals surface area contributed by atoms with E-state index < -0.39 is 12.0 Å². The van der Waals surface area contributed by atoms with Gasteiger partial charge in [-0.25, -0.2) is 5.48 Å². The number of carbonyl (C=O) groups excluding carboxylic acids is 1. The second-order valence-corrected chi connectivity index (χ2v) is 12.6. The Morgan fingerprint density at radius 2 is 1.46 bits per heavy atom. The standard InChI is InChI=1S/C31H20Br3NO3S/c32-22-15-18(16-23(33)29(22)38-24(31(36)35-37)14-17-8-2-1-3-9-17)26-19-10-4-5-11-20(19)28(34)30-27(26)21-12-6-7-13-25(21)39-30/h1-13,15-16,24,37H,14H2,(H,35,36)/t24-/m1/s1. The quantitative estimate of drug-likeness (QED) is 0.133. The van der Waals surface area contributed by atoms with Crippen molar-refractivity contribution in [3.63, 3.8) is 0 Å². The SMILES string of the molecule is O=C(NO)[C@@H](Cc1ccccc1)Oc1c(Br)cc(-c2c3ccccc3c(Br)c3sc4ccccc4c23)cc1Br. The molecule has 0 bridgehead atoms. The van der Waals surface area contributed by atoms with Crippen LogP contribution < -0.4 is 10.2 Å². The summed E-state index contributed by atoms with van der Waals surface area (Å²) in [5.74, 6) is -0.136. The molecule has 194 valence electrons. The van der Waals surface area contributed by atoms with Gasteiger partial charge in [-0.1, -0.05) is 72.8 Å². The predicted molar refractivity (Wildman–Crippen MR) is 170 cm³/mol. The smallest absolute Gasteiger partial charge is 0.284 e. The van der Waals surface area contributed by atoms with Crippen LogP contribution in [0.1, 0.15) is 5.56 Å². The van der Waals surface area contributed by atoms with Gasteiger partial charge in [-0.2, -0.15) is 0 Å². The van der Waals surface area contributed by atoms with Crippen molar-refractivity contribution in [2.24, 2.45) is 0 Å². The second kappa shape index (κ2) is 11.0. The number of hydroxylamine groups is 1. The molecule has 1 heterocycles. The Kier molecular flexibility index (Phi) is 7.48. The van der Waals surface area contributed by atoms with Crippen molar-refractivity contribution in [3.05, 3.63) is 110 Å². The van der Waals surface area contributed by atoms with Gasteiger partial charge in [0.25, 0.3) is 5.91 Å². The topological polar surface area (TPSA) is 58.6 Å². The first-order valence-corrected chi connectivity index (χ1v) is 15.3. The number of ether oxygens (including phenoxy) is 1. The first-order chi connectivity index (χ1) is 19.0. The molecule has 0 spiro atoms. The molecule has 1 amide bonds. The molecule has 0 aliphatic carbocycles. The highest BCUT2D eigenvalue weighted by Crippen LogP contribution is 2.50. The number of amides is 1. The van der Waals surface area contributed by atoms with E-state index in [9.17, 15) is 10.0 Å². The molecular formula is C31H20Br3NO3S. The lowest BCUT2D eigenvalue weighted by molar-refractivity contribution is -0.136. The zero-order chi connectivity index (χ0) is 27.1. The molecule has 0 saturated heterocycles. The molecule has 0 unspecified atom stereocenters. The van der Waals surface area contributed by atoms with Gasteiger partial charge >= 0.3 is 0 Å². The summed E-state index contributed by atoms with van der Waals surface area (Å²) >= 11 is 13.1. The Balaban J connectivity index is 1.51. The third-order valence-electron chi connectivity index (χ3n) is 6.69. The van der Waals surface area contributed by atoms with Crippen molar-refractivity contribution in [1.82, 2.24) is 5.48 Å². The van der Waals surface area contributed by atoms with E-state index in [1.54, 1.807) is 16.8 Å². The van der Waals surface area contributed by atoms with Crippen LogP contribution in [0.15, 0.2) is 104 Å². The number of hydrogen-bond acceptors (Lipinski definition) is 4. The van der Waals surface area contributed by atoms with E-state index in [-0.39, 0.29) is 0 Å². The molecule has 0 saturated carbocycles.